The largest absolute Gasteiger partial charge is 0.506 e. The van der Waals surface area contributed by atoms with Crippen LogP contribution < -0.4 is 9.64 Å². The van der Waals surface area contributed by atoms with Crippen LogP contribution in [0, 0.1) is 12.7 Å². The monoisotopic (exact) mass is 377 g/mol. The molecule has 146 valence electrons. The van der Waals surface area contributed by atoms with Gasteiger partial charge in [-0.25, -0.2) is 9.18 Å². The highest BCUT2D eigenvalue weighted by molar-refractivity contribution is 6.14. The fourth-order valence-electron chi connectivity index (χ4n) is 3.27. The number of hydrogen-bond acceptors (Lipinski definition) is 6. The molecule has 27 heavy (non-hydrogen) atoms. The zero-order chi connectivity index (χ0) is 19.7. The molecule has 1 aromatic carbocycles. The third-order valence-corrected chi connectivity index (χ3v) is 4.94. The van der Waals surface area contributed by atoms with Gasteiger partial charge in [0, 0.05) is 43.5 Å². The summed E-state index contributed by atoms with van der Waals surface area (Å²) in [7, 11) is 2.02. The minimum absolute atomic E-state index is 0.0961. The number of carboxylic acid groups (broad SMARTS) is 1. The molecule has 8 heteroatoms. The second kappa shape index (κ2) is 7.56. The molecular formula is C19H24FN3O4. The fourth-order valence-corrected chi connectivity index (χ4v) is 3.27. The van der Waals surface area contributed by atoms with E-state index in [0.717, 1.165) is 19.3 Å². The summed E-state index contributed by atoms with van der Waals surface area (Å²) in [6.45, 7) is 6.54. The number of aliphatic hydroxyl groups is 1. The summed E-state index contributed by atoms with van der Waals surface area (Å²) in [5, 5.41) is 19.9. The van der Waals surface area contributed by atoms with Crippen molar-refractivity contribution in [3.8, 4) is 5.75 Å². The molecule has 2 aliphatic heterocycles. The number of nitrogens with zero attached hydrogens (tertiary/aromatic N) is 3. The van der Waals surface area contributed by atoms with Crippen LogP contribution in [0.3, 0.4) is 0 Å². The van der Waals surface area contributed by atoms with Crippen molar-refractivity contribution in [2.75, 3.05) is 44.7 Å². The van der Waals surface area contributed by atoms with E-state index in [-0.39, 0.29) is 23.8 Å². The molecule has 1 atom stereocenters. The van der Waals surface area contributed by atoms with Crippen LogP contribution >= 0.6 is 0 Å². The summed E-state index contributed by atoms with van der Waals surface area (Å²) in [5.74, 6) is -2.06. The number of likely N-dealkylation sites (N-methyl/N-ethyl adjacent to an activating group) is 1. The molecule has 1 saturated heterocycles. The predicted octanol–water partition coefficient (Wildman–Crippen LogP) is 2.09. The molecule has 0 spiro atoms. The van der Waals surface area contributed by atoms with Gasteiger partial charge in [0.05, 0.1) is 6.04 Å². The molecule has 0 saturated carbocycles. The first-order valence-corrected chi connectivity index (χ1v) is 8.89. The van der Waals surface area contributed by atoms with E-state index in [9.17, 15) is 15.0 Å². The summed E-state index contributed by atoms with van der Waals surface area (Å²) in [6, 6.07) is 0.823. The Morgan fingerprint density at radius 3 is 2.63 bits per heavy atom. The zero-order valence-electron chi connectivity index (χ0n) is 15.7. The van der Waals surface area contributed by atoms with Gasteiger partial charge in [-0.1, -0.05) is 0 Å². The highest BCUT2D eigenvalue weighted by Crippen LogP contribution is 2.40. The van der Waals surface area contributed by atoms with E-state index in [1.807, 2.05) is 11.9 Å². The normalized spacial score (nSPS) is 21.2. The Kier molecular flexibility index (Phi) is 5.36. The topological polar surface area (TPSA) is 85.6 Å². The van der Waals surface area contributed by atoms with Crippen molar-refractivity contribution in [1.82, 2.24) is 4.90 Å². The first-order valence-electron chi connectivity index (χ1n) is 8.89. The number of aliphatic carboxylic acids is 1. The minimum atomic E-state index is -1.32. The number of benzene rings is 1. The van der Waals surface area contributed by atoms with Crippen LogP contribution in [0.4, 0.5) is 10.1 Å². The Hall–Kier alpha value is -2.61. The maximum Gasteiger partial charge on any atom is 0.341 e. The van der Waals surface area contributed by atoms with Gasteiger partial charge in [-0.2, -0.15) is 0 Å². The molecule has 3 rings (SSSR count). The third kappa shape index (κ3) is 3.75. The summed E-state index contributed by atoms with van der Waals surface area (Å²) in [5.41, 5.74) is 0.582. The van der Waals surface area contributed by atoms with E-state index in [1.165, 1.54) is 6.07 Å². The van der Waals surface area contributed by atoms with E-state index >= 15 is 4.39 Å². The van der Waals surface area contributed by atoms with Gasteiger partial charge in [0.15, 0.2) is 5.82 Å². The summed E-state index contributed by atoms with van der Waals surface area (Å²) < 4.78 is 21.0. The summed E-state index contributed by atoms with van der Waals surface area (Å²) in [6.07, 6.45) is 1.10. The standard InChI is InChI=1S/C19H24FN3O4/c1-11-10-27-18-12(2)13(17(24)14(9-21-11)19(25)26)8-15(20)16(18)23-6-4-22(3)5-7-23/h8-9,11,24H,4-7,10H2,1-3H3,(H,25,26)/t11-/m0/s1. The number of halogens is 1. The van der Waals surface area contributed by atoms with E-state index in [4.69, 9.17) is 4.74 Å². The first-order chi connectivity index (χ1) is 12.8. The van der Waals surface area contributed by atoms with Gasteiger partial charge in [-0.05, 0) is 27.0 Å². The first kappa shape index (κ1) is 19.2. The Labute approximate surface area is 157 Å². The van der Waals surface area contributed by atoms with E-state index in [1.54, 1.807) is 13.8 Å². The zero-order valence-corrected chi connectivity index (χ0v) is 15.7. The van der Waals surface area contributed by atoms with Crippen LogP contribution in [-0.2, 0) is 4.79 Å². The maximum atomic E-state index is 15.1. The van der Waals surface area contributed by atoms with Crippen LogP contribution in [-0.4, -0.2) is 73.2 Å². The Morgan fingerprint density at radius 2 is 2.00 bits per heavy atom. The summed E-state index contributed by atoms with van der Waals surface area (Å²) in [4.78, 5) is 19.7. The molecule has 0 aliphatic carbocycles. The van der Waals surface area contributed by atoms with Crippen molar-refractivity contribution in [3.63, 3.8) is 0 Å². The second-order valence-corrected chi connectivity index (χ2v) is 7.00. The molecule has 0 amide bonds. The minimum Gasteiger partial charge on any atom is -0.506 e. The van der Waals surface area contributed by atoms with E-state index < -0.39 is 17.5 Å². The van der Waals surface area contributed by atoms with Gasteiger partial charge in [-0.15, -0.1) is 0 Å². The van der Waals surface area contributed by atoms with Crippen molar-refractivity contribution in [3.05, 3.63) is 28.6 Å². The van der Waals surface area contributed by atoms with Crippen molar-refractivity contribution in [2.24, 2.45) is 4.99 Å². The smallest absolute Gasteiger partial charge is 0.341 e. The van der Waals surface area contributed by atoms with Gasteiger partial charge in [-0.3, -0.25) is 4.99 Å². The average Bonchev–Trinajstić information content (AvgIpc) is 2.61. The lowest BCUT2D eigenvalue weighted by Gasteiger charge is -2.35. The molecule has 2 aliphatic rings. The molecule has 0 radical (unpaired) electrons. The molecule has 1 fully saturated rings. The molecular weight excluding hydrogens is 353 g/mol. The lowest BCUT2D eigenvalue weighted by Crippen LogP contribution is -2.45. The number of ether oxygens (including phenoxy) is 1. The molecule has 1 aromatic rings. The van der Waals surface area contributed by atoms with Crippen molar-refractivity contribution >= 4 is 23.6 Å². The molecule has 2 N–H and O–H groups in total. The highest BCUT2D eigenvalue weighted by atomic mass is 19.1. The Bertz CT molecular complexity index is 814. The van der Waals surface area contributed by atoms with Crippen molar-refractivity contribution in [2.45, 2.75) is 19.9 Å². The molecule has 7 nitrogen and oxygen atoms in total. The van der Waals surface area contributed by atoms with Gasteiger partial charge in [0.25, 0.3) is 0 Å². The lowest BCUT2D eigenvalue weighted by atomic mass is 10.00. The van der Waals surface area contributed by atoms with Gasteiger partial charge in [0.2, 0.25) is 0 Å². The number of hydrogen-bond donors (Lipinski definition) is 2. The van der Waals surface area contributed by atoms with Gasteiger partial charge < -0.3 is 24.7 Å². The molecule has 2 bridgehead atoms. The highest BCUT2D eigenvalue weighted by Gasteiger charge is 2.28. The molecule has 0 aromatic heterocycles. The maximum absolute atomic E-state index is 15.1. The predicted molar refractivity (Wildman–Crippen MR) is 101 cm³/mol. The van der Waals surface area contributed by atoms with Gasteiger partial charge in [0.1, 0.15) is 29.4 Å². The van der Waals surface area contributed by atoms with Crippen LogP contribution in [0.2, 0.25) is 0 Å². The summed E-state index contributed by atoms with van der Waals surface area (Å²) >= 11 is 0. The van der Waals surface area contributed by atoms with Crippen molar-refractivity contribution in [1.29, 1.82) is 0 Å². The number of carbonyl (C=O) groups is 1. The number of aliphatic hydroxyl groups excluding tert-OH is 1. The van der Waals surface area contributed by atoms with Crippen LogP contribution in [0.15, 0.2) is 16.6 Å². The van der Waals surface area contributed by atoms with E-state index in [2.05, 4.69) is 9.89 Å². The van der Waals surface area contributed by atoms with Crippen LogP contribution in [0.25, 0.3) is 5.76 Å². The van der Waals surface area contributed by atoms with Crippen LogP contribution in [0.1, 0.15) is 18.1 Å². The number of carboxylic acids is 1. The quantitative estimate of drug-likeness (QED) is 0.821. The van der Waals surface area contributed by atoms with E-state index in [0.29, 0.717) is 30.1 Å². The number of fused-ring (bicyclic) bond motifs is 2. The SMILES string of the molecule is Cc1c2cc(F)c(N3CCN(C)CC3)c1OC[C@H](C)N=CC(C(=O)O)=C2O. The molecule has 2 heterocycles. The molecule has 0 unspecified atom stereocenters. The number of piperazine rings is 1. The second-order valence-electron chi connectivity index (χ2n) is 7.00. The van der Waals surface area contributed by atoms with Gasteiger partial charge >= 0.3 is 5.97 Å². The lowest BCUT2D eigenvalue weighted by molar-refractivity contribution is -0.132. The Morgan fingerprint density at radius 1 is 1.33 bits per heavy atom. The van der Waals surface area contributed by atoms with Crippen molar-refractivity contribution < 1.29 is 24.1 Å². The fraction of sp³-hybridized carbons (Fsp3) is 0.474. The number of rotatable bonds is 2. The number of anilines is 1. The number of aliphatic imine (C=N–C) groups is 1. The third-order valence-electron chi connectivity index (χ3n) is 4.94. The van der Waals surface area contributed by atoms with Crippen LogP contribution in [0.5, 0.6) is 5.75 Å². The Balaban J connectivity index is 2.18. The average molecular weight is 377 g/mol.